The van der Waals surface area contributed by atoms with E-state index in [-0.39, 0.29) is 5.01 Å². The second-order valence-electron chi connectivity index (χ2n) is 2.48. The Morgan fingerprint density at radius 3 is 3.18 bits per heavy atom. The molecule has 1 atom stereocenters. The van der Waals surface area contributed by atoms with Crippen LogP contribution in [0.1, 0.15) is 5.56 Å². The zero-order valence-electron chi connectivity index (χ0n) is 5.68. The minimum atomic E-state index is 0.121. The van der Waals surface area contributed by atoms with Gasteiger partial charge in [-0.1, -0.05) is 11.6 Å². The Morgan fingerprint density at radius 1 is 1.55 bits per heavy atom. The van der Waals surface area contributed by atoms with Crippen molar-refractivity contribution in [3.8, 4) is 5.75 Å². The summed E-state index contributed by atoms with van der Waals surface area (Å²) in [7, 11) is 0. The van der Waals surface area contributed by atoms with Gasteiger partial charge in [-0.2, -0.15) is 0 Å². The third kappa shape index (κ3) is 1.37. The highest BCUT2D eigenvalue weighted by Gasteiger charge is 2.19. The highest BCUT2D eigenvalue weighted by molar-refractivity contribution is 9.09. The van der Waals surface area contributed by atoms with Gasteiger partial charge in [-0.05, 0) is 34.1 Å². The molecule has 1 heterocycles. The summed E-state index contributed by atoms with van der Waals surface area (Å²) in [5, 5.41) is 0.893. The maximum Gasteiger partial charge on any atom is 0.157 e. The number of halogens is 2. The second kappa shape index (κ2) is 2.68. The molecule has 0 aromatic heterocycles. The fourth-order valence-electron chi connectivity index (χ4n) is 1.17. The normalized spacial score (nSPS) is 21.1. The fraction of sp³-hybridized carbons (Fsp3) is 0.250. The molecular weight excluding hydrogens is 227 g/mol. The van der Waals surface area contributed by atoms with Crippen molar-refractivity contribution in [3.05, 3.63) is 28.8 Å². The third-order valence-corrected chi connectivity index (χ3v) is 2.40. The first-order chi connectivity index (χ1) is 5.25. The molecule has 0 fully saturated rings. The highest BCUT2D eigenvalue weighted by atomic mass is 79.9. The first-order valence-corrected chi connectivity index (χ1v) is 4.64. The number of rotatable bonds is 0. The van der Waals surface area contributed by atoms with Gasteiger partial charge in [-0.3, -0.25) is 0 Å². The molecule has 1 unspecified atom stereocenters. The predicted molar refractivity (Wildman–Crippen MR) is 48.5 cm³/mol. The van der Waals surface area contributed by atoms with E-state index in [1.165, 1.54) is 5.56 Å². The van der Waals surface area contributed by atoms with Gasteiger partial charge in [0.15, 0.2) is 5.01 Å². The van der Waals surface area contributed by atoms with Gasteiger partial charge in [-0.25, -0.2) is 0 Å². The van der Waals surface area contributed by atoms with Crippen molar-refractivity contribution in [3.63, 3.8) is 0 Å². The molecule has 0 saturated heterocycles. The van der Waals surface area contributed by atoms with Crippen LogP contribution in [0.4, 0.5) is 0 Å². The molecule has 58 valence electrons. The van der Waals surface area contributed by atoms with Gasteiger partial charge in [0, 0.05) is 17.0 Å². The number of ether oxygens (including phenoxy) is 1. The molecule has 2 rings (SSSR count). The van der Waals surface area contributed by atoms with Gasteiger partial charge in [0.25, 0.3) is 0 Å². The zero-order valence-corrected chi connectivity index (χ0v) is 8.02. The molecule has 1 aliphatic rings. The number of benzene rings is 1. The average Bonchev–Trinajstić information content (AvgIpc) is 2.27. The van der Waals surface area contributed by atoms with Crippen LogP contribution in [0.15, 0.2) is 18.2 Å². The number of hydrogen-bond acceptors (Lipinski definition) is 1. The molecule has 1 nitrogen and oxygen atoms in total. The van der Waals surface area contributed by atoms with Gasteiger partial charge in [0.05, 0.1) is 0 Å². The monoisotopic (exact) mass is 232 g/mol. The quantitative estimate of drug-likeness (QED) is 0.626. The number of fused-ring (bicyclic) bond motifs is 1. The van der Waals surface area contributed by atoms with E-state index >= 15 is 0 Å². The fourth-order valence-corrected chi connectivity index (χ4v) is 1.92. The minimum Gasteiger partial charge on any atom is -0.479 e. The molecule has 0 amide bonds. The smallest absolute Gasteiger partial charge is 0.157 e. The molecule has 3 heteroatoms. The summed E-state index contributed by atoms with van der Waals surface area (Å²) in [5.41, 5.74) is 1.18. The van der Waals surface area contributed by atoms with E-state index in [2.05, 4.69) is 15.9 Å². The zero-order chi connectivity index (χ0) is 7.84. The molecule has 1 aromatic carbocycles. The molecule has 0 spiro atoms. The summed E-state index contributed by atoms with van der Waals surface area (Å²) in [4.78, 5) is 0. The van der Waals surface area contributed by atoms with Gasteiger partial charge in [0.2, 0.25) is 0 Å². The topological polar surface area (TPSA) is 9.23 Å². The summed E-state index contributed by atoms with van der Waals surface area (Å²) in [6.07, 6.45) is 0.899. The lowest BCUT2D eigenvalue weighted by Gasteiger charge is -1.99. The van der Waals surface area contributed by atoms with E-state index in [4.69, 9.17) is 16.3 Å². The maximum absolute atomic E-state index is 5.80. The van der Waals surface area contributed by atoms with E-state index < -0.39 is 0 Å². The van der Waals surface area contributed by atoms with Crippen molar-refractivity contribution in [1.29, 1.82) is 0 Å². The van der Waals surface area contributed by atoms with Gasteiger partial charge >= 0.3 is 0 Å². The molecule has 1 aliphatic heterocycles. The summed E-state index contributed by atoms with van der Waals surface area (Å²) < 4.78 is 5.42. The van der Waals surface area contributed by atoms with Crippen LogP contribution >= 0.6 is 27.5 Å². The Bertz CT molecular complexity index is 287. The van der Waals surface area contributed by atoms with Crippen LogP contribution in [0, 0.1) is 0 Å². The first kappa shape index (κ1) is 7.44. The highest BCUT2D eigenvalue weighted by Crippen LogP contribution is 2.32. The maximum atomic E-state index is 5.80. The van der Waals surface area contributed by atoms with Gasteiger partial charge < -0.3 is 4.74 Å². The standard InChI is InChI=1S/C8H6BrClO/c9-8-4-5-3-6(10)1-2-7(5)11-8/h1-3,8H,4H2. The van der Waals surface area contributed by atoms with Crippen LogP contribution in [0.3, 0.4) is 0 Å². The predicted octanol–water partition coefficient (Wildman–Crippen LogP) is 3.00. The summed E-state index contributed by atoms with van der Waals surface area (Å²) >= 11 is 9.18. The molecule has 0 aliphatic carbocycles. The molecule has 1 aromatic rings. The minimum absolute atomic E-state index is 0.121. The van der Waals surface area contributed by atoms with Gasteiger partial charge in [-0.15, -0.1) is 0 Å². The van der Waals surface area contributed by atoms with Crippen molar-refractivity contribution in [2.24, 2.45) is 0 Å². The molecule has 0 bridgehead atoms. The van der Waals surface area contributed by atoms with Gasteiger partial charge in [0.1, 0.15) is 5.75 Å². The summed E-state index contributed by atoms with van der Waals surface area (Å²) in [6.45, 7) is 0. The average molecular weight is 233 g/mol. The van der Waals surface area contributed by atoms with E-state index in [0.29, 0.717) is 0 Å². The Labute approximate surface area is 78.4 Å². The van der Waals surface area contributed by atoms with Crippen LogP contribution < -0.4 is 4.74 Å². The Hall–Kier alpha value is -0.210. The molecule has 0 N–H and O–H groups in total. The van der Waals surface area contributed by atoms with Crippen LogP contribution in [-0.2, 0) is 6.42 Å². The first-order valence-electron chi connectivity index (χ1n) is 3.35. The largest absolute Gasteiger partial charge is 0.479 e. The van der Waals surface area contributed by atoms with E-state index in [1.807, 2.05) is 18.2 Å². The van der Waals surface area contributed by atoms with E-state index in [0.717, 1.165) is 17.2 Å². The SMILES string of the molecule is Clc1ccc2c(c1)CC(Br)O2. The molecule has 0 saturated carbocycles. The third-order valence-electron chi connectivity index (χ3n) is 1.66. The molecule has 0 radical (unpaired) electrons. The second-order valence-corrected chi connectivity index (χ2v) is 3.94. The Kier molecular flexibility index (Phi) is 1.81. The van der Waals surface area contributed by atoms with Crippen molar-refractivity contribution in [2.75, 3.05) is 0 Å². The summed E-state index contributed by atoms with van der Waals surface area (Å²) in [6, 6.07) is 5.68. The lowest BCUT2D eigenvalue weighted by atomic mass is 10.2. The van der Waals surface area contributed by atoms with Crippen LogP contribution in [0.25, 0.3) is 0 Å². The van der Waals surface area contributed by atoms with Crippen LogP contribution in [0.2, 0.25) is 5.02 Å². The molecule has 11 heavy (non-hydrogen) atoms. The van der Waals surface area contributed by atoms with E-state index in [9.17, 15) is 0 Å². The van der Waals surface area contributed by atoms with Crippen LogP contribution in [0.5, 0.6) is 5.75 Å². The van der Waals surface area contributed by atoms with Crippen molar-refractivity contribution < 1.29 is 4.74 Å². The van der Waals surface area contributed by atoms with Crippen molar-refractivity contribution in [1.82, 2.24) is 0 Å². The lowest BCUT2D eigenvalue weighted by Crippen LogP contribution is -2.00. The Morgan fingerprint density at radius 2 is 2.36 bits per heavy atom. The lowest BCUT2D eigenvalue weighted by molar-refractivity contribution is 0.330. The van der Waals surface area contributed by atoms with E-state index in [1.54, 1.807) is 0 Å². The van der Waals surface area contributed by atoms with Crippen molar-refractivity contribution in [2.45, 2.75) is 11.4 Å². The number of hydrogen-bond donors (Lipinski definition) is 0. The number of alkyl halides is 1. The molecular formula is C8H6BrClO. The summed E-state index contributed by atoms with van der Waals surface area (Å²) in [5.74, 6) is 0.941. The van der Waals surface area contributed by atoms with Crippen LogP contribution in [-0.4, -0.2) is 5.01 Å². The van der Waals surface area contributed by atoms with Crippen molar-refractivity contribution >= 4 is 27.5 Å². The Balaban J connectivity index is 2.43.